The number of pyridine rings is 1. The largest absolute Gasteiger partial charge is 0.573 e. The molecule has 0 bridgehead atoms. The number of benzene rings is 1. The van der Waals surface area contributed by atoms with Crippen molar-refractivity contribution in [2.24, 2.45) is 0 Å². The van der Waals surface area contributed by atoms with Crippen LogP contribution < -0.4 is 10.1 Å². The van der Waals surface area contributed by atoms with Crippen molar-refractivity contribution in [3.63, 3.8) is 0 Å². The molecule has 2 aromatic heterocycles. The topological polar surface area (TPSA) is 90.4 Å². The second-order valence-electron chi connectivity index (χ2n) is 5.88. The Morgan fingerprint density at radius 1 is 1.07 bits per heavy atom. The Morgan fingerprint density at radius 3 is 2.40 bits per heavy atom. The van der Waals surface area contributed by atoms with Gasteiger partial charge in [-0.3, -0.25) is 15.1 Å². The van der Waals surface area contributed by atoms with Crippen LogP contribution in [-0.2, 0) is 11.2 Å². The van der Waals surface area contributed by atoms with Crippen molar-refractivity contribution in [1.82, 2.24) is 9.97 Å². The van der Waals surface area contributed by atoms with Gasteiger partial charge in [0.05, 0.1) is 12.7 Å². The van der Waals surface area contributed by atoms with Crippen LogP contribution >= 0.6 is 11.3 Å². The van der Waals surface area contributed by atoms with Gasteiger partial charge in [0.15, 0.2) is 5.13 Å². The molecule has 3 rings (SSSR count). The maximum absolute atomic E-state index is 12.3. The van der Waals surface area contributed by atoms with Crippen molar-refractivity contribution in [3.8, 4) is 5.75 Å². The van der Waals surface area contributed by atoms with Gasteiger partial charge in [-0.05, 0) is 29.8 Å². The highest BCUT2D eigenvalue weighted by Crippen LogP contribution is 2.25. The standard InChI is InChI=1S/C19H14F3N3O4S/c1-28-17(27)12-4-7-15(23-9-12)16(26)25-18-24-10-14(30-18)8-11-2-5-13(6-3-11)29-19(20,21)22/h2-7,9-10H,8H2,1H3,(H,24,25,26). The third-order valence-corrected chi connectivity index (χ3v) is 4.64. The normalized spacial score (nSPS) is 11.1. The second kappa shape index (κ2) is 8.91. The summed E-state index contributed by atoms with van der Waals surface area (Å²) in [7, 11) is 1.24. The lowest BCUT2D eigenvalue weighted by Gasteiger charge is -2.08. The van der Waals surface area contributed by atoms with Crippen molar-refractivity contribution >= 4 is 28.3 Å². The summed E-state index contributed by atoms with van der Waals surface area (Å²) in [6, 6.07) is 8.32. The lowest BCUT2D eigenvalue weighted by Crippen LogP contribution is -2.17. The molecule has 0 radical (unpaired) electrons. The number of nitrogens with zero attached hydrogens (tertiary/aromatic N) is 2. The SMILES string of the molecule is COC(=O)c1ccc(C(=O)Nc2ncc(Cc3ccc(OC(F)(F)F)cc3)s2)nc1. The number of anilines is 1. The van der Waals surface area contributed by atoms with Gasteiger partial charge in [-0.1, -0.05) is 12.1 Å². The number of rotatable bonds is 6. The van der Waals surface area contributed by atoms with Crippen molar-refractivity contribution in [2.75, 3.05) is 12.4 Å². The van der Waals surface area contributed by atoms with Gasteiger partial charge >= 0.3 is 12.3 Å². The van der Waals surface area contributed by atoms with Crippen LogP contribution in [0.4, 0.5) is 18.3 Å². The van der Waals surface area contributed by atoms with E-state index in [0.717, 1.165) is 10.4 Å². The molecule has 0 aliphatic heterocycles. The Balaban J connectivity index is 1.59. The smallest absolute Gasteiger partial charge is 0.465 e. The third-order valence-electron chi connectivity index (χ3n) is 3.73. The van der Waals surface area contributed by atoms with Crippen LogP contribution in [0.2, 0.25) is 0 Å². The number of carbonyl (C=O) groups is 2. The number of hydrogen-bond donors (Lipinski definition) is 1. The minimum Gasteiger partial charge on any atom is -0.465 e. The molecule has 0 aliphatic rings. The molecular weight excluding hydrogens is 423 g/mol. The van der Waals surface area contributed by atoms with Gasteiger partial charge in [0.1, 0.15) is 11.4 Å². The molecule has 7 nitrogen and oxygen atoms in total. The van der Waals surface area contributed by atoms with E-state index in [1.165, 1.54) is 61.0 Å². The van der Waals surface area contributed by atoms with Crippen LogP contribution in [0.15, 0.2) is 48.8 Å². The maximum Gasteiger partial charge on any atom is 0.573 e. The van der Waals surface area contributed by atoms with Crippen LogP contribution in [0.25, 0.3) is 0 Å². The highest BCUT2D eigenvalue weighted by atomic mass is 32.1. The van der Waals surface area contributed by atoms with Crippen LogP contribution in [0.5, 0.6) is 5.75 Å². The lowest BCUT2D eigenvalue weighted by molar-refractivity contribution is -0.274. The van der Waals surface area contributed by atoms with E-state index < -0.39 is 18.2 Å². The Morgan fingerprint density at radius 2 is 1.80 bits per heavy atom. The number of alkyl halides is 3. The van der Waals surface area contributed by atoms with E-state index in [0.29, 0.717) is 11.6 Å². The molecular formula is C19H14F3N3O4S. The predicted molar refractivity (Wildman–Crippen MR) is 102 cm³/mol. The number of esters is 1. The number of methoxy groups -OCH3 is 1. The first-order valence-electron chi connectivity index (χ1n) is 8.38. The van der Waals surface area contributed by atoms with E-state index >= 15 is 0 Å². The summed E-state index contributed by atoms with van der Waals surface area (Å²) in [6.45, 7) is 0. The quantitative estimate of drug-likeness (QED) is 0.585. The van der Waals surface area contributed by atoms with E-state index in [-0.39, 0.29) is 17.0 Å². The van der Waals surface area contributed by atoms with E-state index in [4.69, 9.17) is 0 Å². The summed E-state index contributed by atoms with van der Waals surface area (Å²) in [5.74, 6) is -1.35. The van der Waals surface area contributed by atoms with E-state index in [1.54, 1.807) is 6.20 Å². The number of carbonyl (C=O) groups excluding carboxylic acids is 2. The third kappa shape index (κ3) is 5.77. The molecule has 11 heteroatoms. The van der Waals surface area contributed by atoms with Crippen LogP contribution in [0.3, 0.4) is 0 Å². The molecule has 156 valence electrons. The van der Waals surface area contributed by atoms with Crippen LogP contribution in [0, 0.1) is 0 Å². The number of nitrogens with one attached hydrogen (secondary N) is 1. The molecule has 1 amide bonds. The van der Waals surface area contributed by atoms with Crippen molar-refractivity contribution in [1.29, 1.82) is 0 Å². The first kappa shape index (κ1) is 21.2. The zero-order chi connectivity index (χ0) is 21.7. The van der Waals surface area contributed by atoms with Crippen LogP contribution in [0.1, 0.15) is 31.3 Å². The minimum absolute atomic E-state index is 0.0969. The van der Waals surface area contributed by atoms with Gasteiger partial charge in [0.2, 0.25) is 0 Å². The molecule has 0 saturated carbocycles. The highest BCUT2D eigenvalue weighted by molar-refractivity contribution is 7.15. The number of hydrogen-bond acceptors (Lipinski definition) is 7. The average Bonchev–Trinajstić information content (AvgIpc) is 3.14. The molecule has 0 fully saturated rings. The van der Waals surface area contributed by atoms with Gasteiger partial charge in [-0.25, -0.2) is 9.78 Å². The minimum atomic E-state index is -4.74. The predicted octanol–water partition coefficient (Wildman–Crippen LogP) is 4.07. The van der Waals surface area contributed by atoms with Gasteiger partial charge in [-0.15, -0.1) is 24.5 Å². The fourth-order valence-corrected chi connectivity index (χ4v) is 3.23. The summed E-state index contributed by atoms with van der Waals surface area (Å²) < 4.78 is 45.0. The number of halogens is 3. The maximum atomic E-state index is 12.3. The molecule has 1 N–H and O–H groups in total. The Bertz CT molecular complexity index is 1030. The highest BCUT2D eigenvalue weighted by Gasteiger charge is 2.30. The van der Waals surface area contributed by atoms with Gasteiger partial charge in [-0.2, -0.15) is 0 Å². The van der Waals surface area contributed by atoms with Gasteiger partial charge in [0, 0.05) is 23.7 Å². The molecule has 3 aromatic rings. The zero-order valence-electron chi connectivity index (χ0n) is 15.4. The van der Waals surface area contributed by atoms with Crippen LogP contribution in [-0.4, -0.2) is 35.3 Å². The van der Waals surface area contributed by atoms with E-state index in [9.17, 15) is 22.8 Å². The number of thiazole rings is 1. The Hall–Kier alpha value is -3.47. The fraction of sp³-hybridized carbons (Fsp3) is 0.158. The first-order valence-corrected chi connectivity index (χ1v) is 9.20. The van der Waals surface area contributed by atoms with Gasteiger partial charge in [0.25, 0.3) is 5.91 Å². The summed E-state index contributed by atoms with van der Waals surface area (Å²) in [5, 5.41) is 2.95. The number of aromatic nitrogens is 2. The monoisotopic (exact) mass is 437 g/mol. The fourth-order valence-electron chi connectivity index (χ4n) is 2.39. The molecule has 0 saturated heterocycles. The first-order chi connectivity index (χ1) is 14.2. The molecule has 1 aromatic carbocycles. The summed E-state index contributed by atoms with van der Waals surface area (Å²) in [6.07, 6.45) is -1.51. The average molecular weight is 437 g/mol. The molecule has 0 aliphatic carbocycles. The molecule has 2 heterocycles. The summed E-state index contributed by atoms with van der Waals surface area (Å²) in [4.78, 5) is 32.5. The second-order valence-corrected chi connectivity index (χ2v) is 6.99. The molecule has 30 heavy (non-hydrogen) atoms. The van der Waals surface area contributed by atoms with Crippen molar-refractivity contribution in [2.45, 2.75) is 12.8 Å². The molecule has 0 atom stereocenters. The molecule has 0 unspecified atom stereocenters. The van der Waals surface area contributed by atoms with E-state index in [2.05, 4.69) is 24.8 Å². The zero-order valence-corrected chi connectivity index (χ0v) is 16.2. The van der Waals surface area contributed by atoms with Crippen molar-refractivity contribution in [3.05, 3.63) is 70.5 Å². The summed E-state index contributed by atoms with van der Waals surface area (Å²) >= 11 is 1.22. The Kier molecular flexibility index (Phi) is 6.31. The summed E-state index contributed by atoms with van der Waals surface area (Å²) in [5.41, 5.74) is 1.07. The Labute approximate surface area is 172 Å². The lowest BCUT2D eigenvalue weighted by atomic mass is 10.1. The number of ether oxygens (including phenoxy) is 2. The van der Waals surface area contributed by atoms with E-state index in [1.807, 2.05) is 0 Å². The van der Waals surface area contributed by atoms with Gasteiger partial charge < -0.3 is 9.47 Å². The molecule has 0 spiro atoms. The van der Waals surface area contributed by atoms with Crippen molar-refractivity contribution < 1.29 is 32.2 Å². The number of amides is 1.